The van der Waals surface area contributed by atoms with Crippen LogP contribution in [0.25, 0.3) is 22.0 Å². The highest BCUT2D eigenvalue weighted by atomic mass is 79.9. The molecule has 0 aliphatic heterocycles. The Labute approximate surface area is 139 Å². The first-order valence-electron chi connectivity index (χ1n) is 6.37. The van der Waals surface area contributed by atoms with E-state index in [1.165, 1.54) is 0 Å². The topological polar surface area (TPSA) is 36.7 Å². The molecule has 102 valence electrons. The van der Waals surface area contributed by atoms with Gasteiger partial charge in [0.2, 0.25) is 0 Å². The van der Waals surface area contributed by atoms with Gasteiger partial charge in [-0.25, -0.2) is 4.98 Å². The number of nitrogens with zero attached hydrogens (tertiary/aromatic N) is 2. The summed E-state index contributed by atoms with van der Waals surface area (Å²) in [5, 5.41) is 10.3. The molecular weight excluding hydrogens is 392 g/mol. The second-order valence-corrected chi connectivity index (χ2v) is 7.67. The SMILES string of the molecule is N#Cc1cc(-c2ccccc2)c2ccc(C(Br)Br)cc2n1. The predicted molar refractivity (Wildman–Crippen MR) is 92.5 cm³/mol. The van der Waals surface area contributed by atoms with E-state index in [4.69, 9.17) is 0 Å². The highest BCUT2D eigenvalue weighted by molar-refractivity contribution is 9.24. The van der Waals surface area contributed by atoms with E-state index in [-0.39, 0.29) is 3.74 Å². The van der Waals surface area contributed by atoms with E-state index in [2.05, 4.69) is 55.0 Å². The summed E-state index contributed by atoms with van der Waals surface area (Å²) in [5.74, 6) is 0. The second-order valence-electron chi connectivity index (χ2n) is 4.61. The van der Waals surface area contributed by atoms with Crippen molar-refractivity contribution in [2.75, 3.05) is 0 Å². The molecule has 21 heavy (non-hydrogen) atoms. The van der Waals surface area contributed by atoms with E-state index in [1.807, 2.05) is 42.5 Å². The molecule has 0 N–H and O–H groups in total. The van der Waals surface area contributed by atoms with Crippen molar-refractivity contribution in [3.05, 3.63) is 65.9 Å². The molecule has 0 radical (unpaired) electrons. The Morgan fingerprint density at radius 3 is 2.43 bits per heavy atom. The molecule has 0 amide bonds. The minimum absolute atomic E-state index is 0.0714. The van der Waals surface area contributed by atoms with Crippen LogP contribution >= 0.6 is 31.9 Å². The van der Waals surface area contributed by atoms with E-state index in [1.54, 1.807) is 0 Å². The van der Waals surface area contributed by atoms with Crippen molar-refractivity contribution in [1.82, 2.24) is 4.98 Å². The van der Waals surface area contributed by atoms with Gasteiger partial charge < -0.3 is 0 Å². The molecule has 1 heterocycles. The number of halogens is 2. The summed E-state index contributed by atoms with van der Waals surface area (Å²) in [7, 11) is 0. The third-order valence-corrected chi connectivity index (χ3v) is 4.34. The lowest BCUT2D eigenvalue weighted by molar-refractivity contribution is 1.31. The molecule has 0 saturated carbocycles. The van der Waals surface area contributed by atoms with Crippen LogP contribution in [-0.4, -0.2) is 4.98 Å². The van der Waals surface area contributed by atoms with Crippen molar-refractivity contribution in [1.29, 1.82) is 5.26 Å². The standard InChI is InChI=1S/C17H10Br2N2/c18-17(19)12-6-7-14-15(11-4-2-1-3-5-11)9-13(10-20)21-16(14)8-12/h1-9,17H. The van der Waals surface area contributed by atoms with Crippen molar-refractivity contribution in [3.8, 4) is 17.2 Å². The number of fused-ring (bicyclic) bond motifs is 1. The molecule has 4 heteroatoms. The normalized spacial score (nSPS) is 10.8. The zero-order chi connectivity index (χ0) is 14.8. The molecule has 0 spiro atoms. The monoisotopic (exact) mass is 400 g/mol. The van der Waals surface area contributed by atoms with Crippen molar-refractivity contribution in [3.63, 3.8) is 0 Å². The minimum atomic E-state index is 0.0714. The fourth-order valence-electron chi connectivity index (χ4n) is 2.29. The van der Waals surface area contributed by atoms with Gasteiger partial charge in [0.05, 0.1) is 9.25 Å². The lowest BCUT2D eigenvalue weighted by Crippen LogP contribution is -1.91. The van der Waals surface area contributed by atoms with Gasteiger partial charge in [-0.2, -0.15) is 5.26 Å². The Kier molecular flexibility index (Phi) is 4.05. The highest BCUT2D eigenvalue weighted by Crippen LogP contribution is 2.34. The number of nitriles is 1. The number of hydrogen-bond acceptors (Lipinski definition) is 2. The van der Waals surface area contributed by atoms with Crippen LogP contribution in [0.4, 0.5) is 0 Å². The number of rotatable bonds is 2. The molecule has 0 aliphatic carbocycles. The van der Waals surface area contributed by atoms with Gasteiger partial charge in [0.15, 0.2) is 0 Å². The third-order valence-electron chi connectivity index (χ3n) is 3.29. The van der Waals surface area contributed by atoms with Crippen LogP contribution in [-0.2, 0) is 0 Å². The highest BCUT2D eigenvalue weighted by Gasteiger charge is 2.10. The van der Waals surface area contributed by atoms with E-state index < -0.39 is 0 Å². The van der Waals surface area contributed by atoms with Crippen molar-refractivity contribution in [2.24, 2.45) is 0 Å². The molecule has 3 aromatic rings. The number of pyridine rings is 1. The van der Waals surface area contributed by atoms with Crippen LogP contribution in [0.3, 0.4) is 0 Å². The molecule has 0 fully saturated rings. The molecule has 0 saturated heterocycles. The Hall–Kier alpha value is -1.70. The summed E-state index contributed by atoms with van der Waals surface area (Å²) < 4.78 is 0.0714. The average Bonchev–Trinajstić information content (AvgIpc) is 2.53. The second kappa shape index (κ2) is 5.97. The Balaban J connectivity index is 2.31. The van der Waals surface area contributed by atoms with Crippen LogP contribution in [0.2, 0.25) is 0 Å². The molecule has 2 aromatic carbocycles. The van der Waals surface area contributed by atoms with E-state index in [0.717, 1.165) is 27.6 Å². The summed E-state index contributed by atoms with van der Waals surface area (Å²) in [6.45, 7) is 0. The summed E-state index contributed by atoms with van der Waals surface area (Å²) in [5.41, 5.74) is 4.45. The molecule has 0 atom stereocenters. The van der Waals surface area contributed by atoms with Gasteiger partial charge in [-0.05, 0) is 28.8 Å². The summed E-state index contributed by atoms with van der Waals surface area (Å²) in [6, 6.07) is 20.1. The third kappa shape index (κ3) is 2.85. The predicted octanol–water partition coefficient (Wildman–Crippen LogP) is 5.56. The van der Waals surface area contributed by atoms with Crippen LogP contribution < -0.4 is 0 Å². The maximum Gasteiger partial charge on any atom is 0.141 e. The molecule has 0 unspecified atom stereocenters. The average molecular weight is 402 g/mol. The van der Waals surface area contributed by atoms with Crippen LogP contribution in [0, 0.1) is 11.3 Å². The van der Waals surface area contributed by atoms with E-state index >= 15 is 0 Å². The van der Waals surface area contributed by atoms with Gasteiger partial charge >= 0.3 is 0 Å². The van der Waals surface area contributed by atoms with Crippen molar-refractivity contribution < 1.29 is 0 Å². The molecule has 0 aliphatic rings. The first kappa shape index (κ1) is 14.2. The lowest BCUT2D eigenvalue weighted by Gasteiger charge is -2.09. The smallest absolute Gasteiger partial charge is 0.141 e. The first-order chi connectivity index (χ1) is 10.2. The molecule has 3 rings (SSSR count). The minimum Gasteiger partial charge on any atom is -0.237 e. The van der Waals surface area contributed by atoms with Gasteiger partial charge in [-0.1, -0.05) is 74.3 Å². The largest absolute Gasteiger partial charge is 0.237 e. The number of alkyl halides is 2. The van der Waals surface area contributed by atoms with Crippen molar-refractivity contribution in [2.45, 2.75) is 3.74 Å². The maximum absolute atomic E-state index is 9.22. The van der Waals surface area contributed by atoms with Crippen LogP contribution in [0.1, 0.15) is 15.0 Å². The summed E-state index contributed by atoms with van der Waals surface area (Å²) >= 11 is 6.98. The number of benzene rings is 2. The molecule has 2 nitrogen and oxygen atoms in total. The molecule has 1 aromatic heterocycles. The maximum atomic E-state index is 9.22. The van der Waals surface area contributed by atoms with Gasteiger partial charge in [-0.15, -0.1) is 0 Å². The zero-order valence-corrected chi connectivity index (χ0v) is 14.1. The Bertz CT molecular complexity index is 837. The summed E-state index contributed by atoms with van der Waals surface area (Å²) in [6.07, 6.45) is 0. The lowest BCUT2D eigenvalue weighted by atomic mass is 9.99. The van der Waals surface area contributed by atoms with E-state index in [0.29, 0.717) is 5.69 Å². The van der Waals surface area contributed by atoms with Crippen LogP contribution in [0.5, 0.6) is 0 Å². The van der Waals surface area contributed by atoms with Gasteiger partial charge in [0.25, 0.3) is 0 Å². The zero-order valence-electron chi connectivity index (χ0n) is 10.9. The number of aromatic nitrogens is 1. The van der Waals surface area contributed by atoms with Gasteiger partial charge in [0, 0.05) is 5.39 Å². The number of hydrogen-bond donors (Lipinski definition) is 0. The van der Waals surface area contributed by atoms with Gasteiger partial charge in [-0.3, -0.25) is 0 Å². The van der Waals surface area contributed by atoms with Crippen LogP contribution in [0.15, 0.2) is 54.6 Å². The molecule has 0 bridgehead atoms. The Morgan fingerprint density at radius 1 is 1.00 bits per heavy atom. The van der Waals surface area contributed by atoms with Crippen molar-refractivity contribution >= 4 is 42.8 Å². The fourth-order valence-corrected chi connectivity index (χ4v) is 2.86. The van der Waals surface area contributed by atoms with E-state index in [9.17, 15) is 5.26 Å². The quantitative estimate of drug-likeness (QED) is 0.527. The fraction of sp³-hybridized carbons (Fsp3) is 0.0588. The molecular formula is C17H10Br2N2. The Morgan fingerprint density at radius 2 is 1.76 bits per heavy atom. The first-order valence-corrected chi connectivity index (χ1v) is 8.20. The van der Waals surface area contributed by atoms with Gasteiger partial charge in [0.1, 0.15) is 11.8 Å². The summed E-state index contributed by atoms with van der Waals surface area (Å²) in [4.78, 5) is 4.42.